The molecule has 0 atom stereocenters. The maximum absolute atomic E-state index is 12.3. The summed E-state index contributed by atoms with van der Waals surface area (Å²) in [6.07, 6.45) is 1.15. The number of halogens is 1. The Hall–Kier alpha value is -2.20. The Morgan fingerprint density at radius 3 is 2.78 bits per heavy atom. The molecule has 0 saturated carbocycles. The van der Waals surface area contributed by atoms with Gasteiger partial charge in [0, 0.05) is 25.0 Å². The van der Waals surface area contributed by atoms with Crippen molar-refractivity contribution in [3.63, 3.8) is 0 Å². The maximum atomic E-state index is 12.3. The van der Waals surface area contributed by atoms with Gasteiger partial charge in [-0.2, -0.15) is 0 Å². The van der Waals surface area contributed by atoms with Crippen LogP contribution in [0.2, 0.25) is 5.02 Å². The lowest BCUT2D eigenvalue weighted by Crippen LogP contribution is -2.26. The Kier molecular flexibility index (Phi) is 4.72. The van der Waals surface area contributed by atoms with Crippen LogP contribution < -0.4 is 9.47 Å². The van der Waals surface area contributed by atoms with Crippen molar-refractivity contribution in [2.24, 2.45) is 0 Å². The maximum Gasteiger partial charge on any atom is 0.231 e. The summed E-state index contributed by atoms with van der Waals surface area (Å²) >= 11 is 5.96. The smallest absolute Gasteiger partial charge is 0.231 e. The molecule has 1 aliphatic heterocycles. The average molecular weight is 332 g/mol. The fourth-order valence-corrected chi connectivity index (χ4v) is 2.75. The van der Waals surface area contributed by atoms with Crippen LogP contribution in [0, 0.1) is 0 Å². The summed E-state index contributed by atoms with van der Waals surface area (Å²) in [5.74, 6) is 1.59. The molecule has 2 aromatic rings. The van der Waals surface area contributed by atoms with Gasteiger partial charge < -0.3 is 14.4 Å². The highest BCUT2D eigenvalue weighted by molar-refractivity contribution is 6.30. The number of hydrogen-bond acceptors (Lipinski definition) is 3. The van der Waals surface area contributed by atoms with E-state index in [2.05, 4.69) is 0 Å². The molecular weight excluding hydrogens is 314 g/mol. The van der Waals surface area contributed by atoms with Crippen LogP contribution in [0.1, 0.15) is 17.5 Å². The van der Waals surface area contributed by atoms with Gasteiger partial charge in [0.05, 0.1) is 0 Å². The van der Waals surface area contributed by atoms with Crippen LogP contribution in [0.25, 0.3) is 0 Å². The third-order valence-corrected chi connectivity index (χ3v) is 4.03. The van der Waals surface area contributed by atoms with Crippen molar-refractivity contribution in [1.29, 1.82) is 0 Å². The zero-order valence-corrected chi connectivity index (χ0v) is 13.7. The lowest BCUT2D eigenvalue weighted by atomic mass is 10.1. The number of aryl methyl sites for hydroxylation is 1. The molecule has 0 N–H and O–H groups in total. The molecule has 120 valence electrons. The van der Waals surface area contributed by atoms with Crippen molar-refractivity contribution in [3.8, 4) is 11.5 Å². The molecule has 5 heteroatoms. The molecule has 0 aliphatic carbocycles. The molecule has 1 heterocycles. The van der Waals surface area contributed by atoms with E-state index < -0.39 is 0 Å². The quantitative estimate of drug-likeness (QED) is 0.839. The van der Waals surface area contributed by atoms with E-state index >= 15 is 0 Å². The summed E-state index contributed by atoms with van der Waals surface area (Å²) in [4.78, 5) is 14.0. The average Bonchev–Trinajstić information content (AvgIpc) is 3.00. The van der Waals surface area contributed by atoms with E-state index in [9.17, 15) is 4.79 Å². The summed E-state index contributed by atoms with van der Waals surface area (Å²) in [5.41, 5.74) is 2.09. The number of nitrogens with zero attached hydrogens (tertiary/aromatic N) is 1. The molecule has 0 unspecified atom stereocenters. The van der Waals surface area contributed by atoms with Gasteiger partial charge >= 0.3 is 0 Å². The Morgan fingerprint density at radius 1 is 1.13 bits per heavy atom. The first-order chi connectivity index (χ1) is 11.1. The van der Waals surface area contributed by atoms with E-state index in [-0.39, 0.29) is 12.7 Å². The molecule has 0 fully saturated rings. The number of carbonyl (C=O) groups excluding carboxylic acids is 1. The van der Waals surface area contributed by atoms with Gasteiger partial charge in [-0.15, -0.1) is 0 Å². The second kappa shape index (κ2) is 6.92. The predicted molar refractivity (Wildman–Crippen MR) is 88.8 cm³/mol. The summed E-state index contributed by atoms with van der Waals surface area (Å²) in [7, 11) is 1.81. The van der Waals surface area contributed by atoms with Crippen LogP contribution >= 0.6 is 11.6 Å². The van der Waals surface area contributed by atoms with Gasteiger partial charge in [-0.05, 0) is 41.8 Å². The van der Waals surface area contributed by atoms with Crippen LogP contribution in [0.4, 0.5) is 0 Å². The van der Waals surface area contributed by atoms with Gasteiger partial charge in [0.15, 0.2) is 11.5 Å². The van der Waals surface area contributed by atoms with Crippen molar-refractivity contribution < 1.29 is 14.3 Å². The summed E-state index contributed by atoms with van der Waals surface area (Å²) in [5, 5.41) is 0.698. The van der Waals surface area contributed by atoms with E-state index in [1.54, 1.807) is 4.90 Å². The van der Waals surface area contributed by atoms with E-state index in [1.165, 1.54) is 0 Å². The lowest BCUT2D eigenvalue weighted by molar-refractivity contribution is -0.130. The Balaban J connectivity index is 1.55. The molecule has 2 aromatic carbocycles. The zero-order valence-electron chi connectivity index (χ0n) is 12.9. The molecular formula is C18H18ClNO3. The number of rotatable bonds is 5. The molecule has 3 rings (SSSR count). The number of amides is 1. The summed E-state index contributed by atoms with van der Waals surface area (Å²) in [6, 6.07) is 13.4. The van der Waals surface area contributed by atoms with Crippen LogP contribution in [-0.4, -0.2) is 24.6 Å². The van der Waals surface area contributed by atoms with Crippen molar-refractivity contribution >= 4 is 17.5 Å². The molecule has 1 amide bonds. The molecule has 0 aromatic heterocycles. The third-order valence-electron chi connectivity index (χ3n) is 3.80. The van der Waals surface area contributed by atoms with Crippen molar-refractivity contribution in [3.05, 3.63) is 58.6 Å². The van der Waals surface area contributed by atoms with Gasteiger partial charge in [0.25, 0.3) is 0 Å². The number of benzene rings is 2. The minimum absolute atomic E-state index is 0.0997. The molecule has 0 radical (unpaired) electrons. The molecule has 1 aliphatic rings. The van der Waals surface area contributed by atoms with E-state index in [0.29, 0.717) is 24.4 Å². The number of carbonyl (C=O) groups is 1. The Labute approximate surface area is 140 Å². The fourth-order valence-electron chi connectivity index (χ4n) is 2.54. The lowest BCUT2D eigenvalue weighted by Gasteiger charge is -2.17. The first kappa shape index (κ1) is 15.7. The molecule has 4 nitrogen and oxygen atoms in total. The van der Waals surface area contributed by atoms with Gasteiger partial charge in [0.1, 0.15) is 0 Å². The molecule has 23 heavy (non-hydrogen) atoms. The second-order valence-electron chi connectivity index (χ2n) is 5.57. The first-order valence-corrected chi connectivity index (χ1v) is 7.86. The predicted octanol–water partition coefficient (Wildman–Crippen LogP) is 3.66. The van der Waals surface area contributed by atoms with Crippen LogP contribution in [0.15, 0.2) is 42.5 Å². The van der Waals surface area contributed by atoms with Gasteiger partial charge in [-0.25, -0.2) is 0 Å². The minimum Gasteiger partial charge on any atom is -0.454 e. The zero-order chi connectivity index (χ0) is 16.2. The van der Waals surface area contributed by atoms with Gasteiger partial charge in [-0.3, -0.25) is 4.79 Å². The van der Waals surface area contributed by atoms with Gasteiger partial charge in [-0.1, -0.05) is 29.8 Å². The van der Waals surface area contributed by atoms with E-state index in [1.807, 2.05) is 49.5 Å². The highest BCUT2D eigenvalue weighted by Gasteiger charge is 2.15. The minimum atomic E-state index is 0.0997. The highest BCUT2D eigenvalue weighted by atomic mass is 35.5. The standard InChI is InChI=1S/C18H18ClNO3/c1-20(11-14-5-7-16-17(10-14)23-12-22-16)18(21)8-6-13-3-2-4-15(19)9-13/h2-5,7,9-10H,6,8,11-12H2,1H3. The summed E-state index contributed by atoms with van der Waals surface area (Å²) in [6.45, 7) is 0.804. The summed E-state index contributed by atoms with van der Waals surface area (Å²) < 4.78 is 10.6. The fraction of sp³-hybridized carbons (Fsp3) is 0.278. The van der Waals surface area contributed by atoms with Crippen molar-refractivity contribution in [2.75, 3.05) is 13.8 Å². The number of ether oxygens (including phenoxy) is 2. The SMILES string of the molecule is CN(Cc1ccc2c(c1)OCO2)C(=O)CCc1cccc(Cl)c1. The number of fused-ring (bicyclic) bond motifs is 1. The third kappa shape index (κ3) is 3.96. The van der Waals surface area contributed by atoms with Crippen LogP contribution in [0.5, 0.6) is 11.5 Å². The first-order valence-electron chi connectivity index (χ1n) is 7.49. The molecule has 0 saturated heterocycles. The van der Waals surface area contributed by atoms with Crippen LogP contribution in [-0.2, 0) is 17.8 Å². The molecule has 0 bridgehead atoms. The topological polar surface area (TPSA) is 38.8 Å². The Bertz CT molecular complexity index is 717. The van der Waals surface area contributed by atoms with E-state index in [0.717, 1.165) is 22.6 Å². The monoisotopic (exact) mass is 331 g/mol. The van der Waals surface area contributed by atoms with E-state index in [4.69, 9.17) is 21.1 Å². The van der Waals surface area contributed by atoms with Crippen molar-refractivity contribution in [2.45, 2.75) is 19.4 Å². The molecule has 0 spiro atoms. The van der Waals surface area contributed by atoms with Gasteiger partial charge in [0.2, 0.25) is 12.7 Å². The second-order valence-corrected chi connectivity index (χ2v) is 6.00. The van der Waals surface area contributed by atoms with Crippen molar-refractivity contribution in [1.82, 2.24) is 4.90 Å². The normalized spacial score (nSPS) is 12.3. The Morgan fingerprint density at radius 2 is 1.96 bits per heavy atom. The largest absolute Gasteiger partial charge is 0.454 e. The number of hydrogen-bond donors (Lipinski definition) is 0. The van der Waals surface area contributed by atoms with Crippen LogP contribution in [0.3, 0.4) is 0 Å². The highest BCUT2D eigenvalue weighted by Crippen LogP contribution is 2.32.